The first-order valence-electron chi connectivity index (χ1n) is 9.70. The highest BCUT2D eigenvalue weighted by Gasteiger charge is 2.21. The van der Waals surface area contributed by atoms with Gasteiger partial charge >= 0.3 is 5.63 Å². The lowest BCUT2D eigenvalue weighted by molar-refractivity contribution is 0.102. The van der Waals surface area contributed by atoms with Crippen LogP contribution in [0.1, 0.15) is 15.9 Å². The summed E-state index contributed by atoms with van der Waals surface area (Å²) in [5.74, 6) is -0.0907. The number of hydrogen-bond donors (Lipinski definition) is 1. The van der Waals surface area contributed by atoms with E-state index in [0.29, 0.717) is 27.0 Å². The molecule has 5 aromatic rings. The highest BCUT2D eigenvalue weighted by Crippen LogP contribution is 2.31. The zero-order valence-electron chi connectivity index (χ0n) is 16.7. The van der Waals surface area contributed by atoms with Gasteiger partial charge in [0.2, 0.25) is 0 Å². The molecule has 5 rings (SSSR count). The van der Waals surface area contributed by atoms with E-state index in [1.807, 2.05) is 60.0 Å². The highest BCUT2D eigenvalue weighted by atomic mass is 79.9. The van der Waals surface area contributed by atoms with Crippen LogP contribution in [0.5, 0.6) is 0 Å². The molecule has 0 aliphatic rings. The van der Waals surface area contributed by atoms with Gasteiger partial charge < -0.3 is 9.73 Å². The van der Waals surface area contributed by atoms with Crippen LogP contribution in [-0.2, 0) is 0 Å². The second kappa shape index (κ2) is 8.03. The van der Waals surface area contributed by atoms with Gasteiger partial charge in [-0.3, -0.25) is 9.20 Å². The number of halogens is 2. The van der Waals surface area contributed by atoms with Gasteiger partial charge in [0.25, 0.3) is 5.91 Å². The van der Waals surface area contributed by atoms with E-state index >= 15 is 0 Å². The number of aromatic nitrogens is 2. The zero-order valence-corrected chi connectivity index (χ0v) is 19.9. The lowest BCUT2D eigenvalue weighted by Gasteiger charge is -2.09. The third kappa shape index (κ3) is 3.55. The van der Waals surface area contributed by atoms with Gasteiger partial charge in [-0.05, 0) is 52.7 Å². The summed E-state index contributed by atoms with van der Waals surface area (Å²) in [6.45, 7) is 1.95. The molecule has 0 unspecified atom stereocenters. The summed E-state index contributed by atoms with van der Waals surface area (Å²) in [6, 6.07) is 18.5. The van der Waals surface area contributed by atoms with Crippen LogP contribution in [0.2, 0.25) is 0 Å². The van der Waals surface area contributed by atoms with Crippen LogP contribution >= 0.6 is 31.9 Å². The molecular formula is C24H15Br2N3O3. The number of nitrogens with one attached hydrogen (secondary N) is 1. The van der Waals surface area contributed by atoms with Crippen LogP contribution in [0.4, 0.5) is 5.82 Å². The van der Waals surface area contributed by atoms with E-state index in [4.69, 9.17) is 9.40 Å². The standard InChI is InChI=1S/C24H15Br2N3O3/c1-13-6-5-9-29-21(13)27-19(14-7-3-2-4-8-14)22(29)28-23(30)17-11-15-10-16(25)12-18(26)20(15)32-24(17)31/h2-12H,1H3,(H,28,30). The molecule has 0 bridgehead atoms. The molecule has 8 heteroatoms. The maximum Gasteiger partial charge on any atom is 0.349 e. The van der Waals surface area contributed by atoms with Crippen LogP contribution in [0, 0.1) is 6.92 Å². The van der Waals surface area contributed by atoms with E-state index in [-0.39, 0.29) is 5.56 Å². The van der Waals surface area contributed by atoms with Gasteiger partial charge in [0.15, 0.2) is 5.58 Å². The number of amides is 1. The number of pyridine rings is 1. The number of rotatable bonds is 3. The molecule has 0 spiro atoms. The number of aryl methyl sites for hydroxylation is 1. The van der Waals surface area contributed by atoms with Crippen molar-refractivity contribution < 1.29 is 9.21 Å². The Morgan fingerprint density at radius 3 is 2.62 bits per heavy atom. The van der Waals surface area contributed by atoms with E-state index in [0.717, 1.165) is 21.2 Å². The number of hydrogen-bond acceptors (Lipinski definition) is 4. The van der Waals surface area contributed by atoms with Crippen LogP contribution in [0.15, 0.2) is 85.0 Å². The van der Waals surface area contributed by atoms with Crippen LogP contribution < -0.4 is 10.9 Å². The molecule has 0 saturated heterocycles. The van der Waals surface area contributed by atoms with E-state index in [1.165, 1.54) is 6.07 Å². The Balaban J connectivity index is 1.65. The van der Waals surface area contributed by atoms with Crippen LogP contribution in [-0.4, -0.2) is 15.3 Å². The fraction of sp³-hybridized carbons (Fsp3) is 0.0417. The van der Waals surface area contributed by atoms with Crippen molar-refractivity contribution in [2.24, 2.45) is 0 Å². The van der Waals surface area contributed by atoms with Gasteiger partial charge in [0.05, 0.1) is 4.47 Å². The Hall–Kier alpha value is -3.23. The average Bonchev–Trinajstić information content (AvgIpc) is 3.14. The summed E-state index contributed by atoms with van der Waals surface area (Å²) in [7, 11) is 0. The van der Waals surface area contributed by atoms with Crippen molar-refractivity contribution in [3.63, 3.8) is 0 Å². The minimum absolute atomic E-state index is 0.0934. The van der Waals surface area contributed by atoms with Gasteiger partial charge in [0, 0.05) is 21.6 Å². The van der Waals surface area contributed by atoms with Crippen LogP contribution in [0.25, 0.3) is 27.9 Å². The normalized spacial score (nSPS) is 11.2. The second-order valence-corrected chi connectivity index (χ2v) is 9.04. The molecule has 0 aliphatic carbocycles. The van der Waals surface area contributed by atoms with E-state index in [9.17, 15) is 9.59 Å². The quantitative estimate of drug-likeness (QED) is 0.271. The smallest absolute Gasteiger partial charge is 0.349 e. The molecule has 3 heterocycles. The predicted octanol–water partition coefficient (Wildman–Crippen LogP) is 6.19. The van der Waals surface area contributed by atoms with Crippen molar-refractivity contribution in [1.82, 2.24) is 9.38 Å². The number of benzene rings is 2. The summed E-state index contributed by atoms with van der Waals surface area (Å²) < 4.78 is 8.66. The number of fused-ring (bicyclic) bond motifs is 2. The predicted molar refractivity (Wildman–Crippen MR) is 131 cm³/mol. The molecule has 0 saturated carbocycles. The molecule has 6 nitrogen and oxygen atoms in total. The molecule has 0 aliphatic heterocycles. The van der Waals surface area contributed by atoms with Crippen molar-refractivity contribution >= 4 is 60.2 Å². The van der Waals surface area contributed by atoms with E-state index in [1.54, 1.807) is 12.1 Å². The maximum atomic E-state index is 13.2. The Labute approximate surface area is 199 Å². The summed E-state index contributed by atoms with van der Waals surface area (Å²) in [5.41, 5.74) is 2.72. The van der Waals surface area contributed by atoms with Crippen molar-refractivity contribution in [2.75, 3.05) is 5.32 Å². The molecule has 1 N–H and O–H groups in total. The monoisotopic (exact) mass is 551 g/mol. The van der Waals surface area contributed by atoms with Gasteiger partial charge in [0.1, 0.15) is 22.7 Å². The molecule has 2 aromatic carbocycles. The van der Waals surface area contributed by atoms with E-state index < -0.39 is 11.5 Å². The molecule has 158 valence electrons. The van der Waals surface area contributed by atoms with Crippen molar-refractivity contribution in [3.05, 3.63) is 97.4 Å². The van der Waals surface area contributed by atoms with Crippen molar-refractivity contribution in [1.29, 1.82) is 0 Å². The average molecular weight is 553 g/mol. The molecular weight excluding hydrogens is 538 g/mol. The first kappa shape index (κ1) is 20.7. The molecule has 0 radical (unpaired) electrons. The number of imidazole rings is 1. The Kier molecular flexibility index (Phi) is 5.19. The molecule has 3 aromatic heterocycles. The highest BCUT2D eigenvalue weighted by molar-refractivity contribution is 9.11. The van der Waals surface area contributed by atoms with Gasteiger partial charge in [-0.1, -0.05) is 52.3 Å². The first-order chi connectivity index (χ1) is 15.4. The number of nitrogens with zero attached hydrogens (tertiary/aromatic N) is 2. The topological polar surface area (TPSA) is 76.6 Å². The van der Waals surface area contributed by atoms with Gasteiger partial charge in [-0.2, -0.15) is 0 Å². The summed E-state index contributed by atoms with van der Waals surface area (Å²) >= 11 is 6.81. The Morgan fingerprint density at radius 1 is 1.06 bits per heavy atom. The maximum absolute atomic E-state index is 13.2. The third-order valence-corrected chi connectivity index (χ3v) is 6.17. The summed E-state index contributed by atoms with van der Waals surface area (Å²) in [6.07, 6.45) is 1.83. The molecule has 1 amide bonds. The molecule has 32 heavy (non-hydrogen) atoms. The van der Waals surface area contributed by atoms with Crippen molar-refractivity contribution in [2.45, 2.75) is 6.92 Å². The summed E-state index contributed by atoms with van der Waals surface area (Å²) in [4.78, 5) is 30.6. The SMILES string of the molecule is Cc1cccn2c(NC(=O)c3cc4cc(Br)cc(Br)c4oc3=O)c(-c3ccccc3)nc12. The van der Waals surface area contributed by atoms with Crippen LogP contribution in [0.3, 0.4) is 0 Å². The fourth-order valence-electron chi connectivity index (χ4n) is 3.61. The van der Waals surface area contributed by atoms with Gasteiger partial charge in [-0.15, -0.1) is 0 Å². The Bertz CT molecular complexity index is 1570. The van der Waals surface area contributed by atoms with E-state index in [2.05, 4.69) is 37.2 Å². The molecule has 0 atom stereocenters. The number of carbonyl (C=O) groups is 1. The number of carbonyl (C=O) groups excluding carboxylic acids is 1. The summed E-state index contributed by atoms with van der Waals surface area (Å²) in [5, 5.41) is 3.51. The lowest BCUT2D eigenvalue weighted by Crippen LogP contribution is -2.21. The number of anilines is 1. The fourth-order valence-corrected chi connectivity index (χ4v) is 4.95. The zero-order chi connectivity index (χ0) is 22.4. The first-order valence-corrected chi connectivity index (χ1v) is 11.3. The minimum Gasteiger partial charge on any atom is -0.421 e. The Morgan fingerprint density at radius 2 is 1.84 bits per heavy atom. The molecule has 0 fully saturated rings. The lowest BCUT2D eigenvalue weighted by atomic mass is 10.1. The van der Waals surface area contributed by atoms with Gasteiger partial charge in [-0.25, -0.2) is 9.78 Å². The van der Waals surface area contributed by atoms with Crippen molar-refractivity contribution in [3.8, 4) is 11.3 Å². The second-order valence-electron chi connectivity index (χ2n) is 7.27. The third-order valence-electron chi connectivity index (χ3n) is 5.12. The minimum atomic E-state index is -0.718. The largest absolute Gasteiger partial charge is 0.421 e.